The molecule has 0 saturated heterocycles. The molecule has 0 fully saturated rings. The van der Waals surface area contributed by atoms with Crippen LogP contribution in [0.1, 0.15) is 6.92 Å². The fraction of sp³-hybridized carbons (Fsp3) is 0.500. The second-order valence-corrected chi connectivity index (χ2v) is 3.47. The number of hydrogen-bond acceptors (Lipinski definition) is 3. The zero-order chi connectivity index (χ0) is 11.1. The van der Waals surface area contributed by atoms with E-state index in [2.05, 4.69) is 11.9 Å². The average molecular weight is 197 g/mol. The molecule has 0 rings (SSSR count). The third-order valence-corrected chi connectivity index (χ3v) is 1.65. The van der Waals surface area contributed by atoms with E-state index in [4.69, 9.17) is 5.73 Å². The maximum atomic E-state index is 11.2. The molecule has 14 heavy (non-hydrogen) atoms. The molecule has 80 valence electrons. The van der Waals surface area contributed by atoms with Crippen LogP contribution in [-0.2, 0) is 4.79 Å². The second-order valence-electron chi connectivity index (χ2n) is 3.47. The van der Waals surface area contributed by atoms with Gasteiger partial charge < -0.3 is 16.0 Å². The van der Waals surface area contributed by atoms with Gasteiger partial charge >= 0.3 is 0 Å². The van der Waals surface area contributed by atoms with E-state index >= 15 is 0 Å². The maximum absolute atomic E-state index is 11.2. The van der Waals surface area contributed by atoms with Crippen LogP contribution in [0.15, 0.2) is 24.4 Å². The summed E-state index contributed by atoms with van der Waals surface area (Å²) in [4.78, 5) is 13.2. The molecular weight excluding hydrogens is 178 g/mol. The lowest BCUT2D eigenvalue weighted by atomic mass is 10.2. The van der Waals surface area contributed by atoms with E-state index in [-0.39, 0.29) is 11.9 Å². The zero-order valence-electron chi connectivity index (χ0n) is 9.08. The normalized spacial score (nSPS) is 13.1. The minimum atomic E-state index is -0.188. The maximum Gasteiger partial charge on any atom is 0.244 e. The predicted molar refractivity (Wildman–Crippen MR) is 58.6 cm³/mol. The van der Waals surface area contributed by atoms with E-state index in [1.54, 1.807) is 13.0 Å². The Morgan fingerprint density at radius 3 is 2.64 bits per heavy atom. The van der Waals surface area contributed by atoms with Crippen LogP contribution in [-0.4, -0.2) is 37.5 Å². The Kier molecular flexibility index (Phi) is 5.64. The van der Waals surface area contributed by atoms with Crippen molar-refractivity contribution in [2.24, 2.45) is 5.73 Å². The van der Waals surface area contributed by atoms with Crippen molar-refractivity contribution in [3.63, 3.8) is 0 Å². The number of amides is 1. The third kappa shape index (κ3) is 6.25. The molecule has 1 amide bonds. The quantitative estimate of drug-likeness (QED) is 0.614. The lowest BCUT2D eigenvalue weighted by molar-refractivity contribution is -0.116. The van der Waals surface area contributed by atoms with Crippen LogP contribution in [0.4, 0.5) is 0 Å². The van der Waals surface area contributed by atoms with Gasteiger partial charge in [-0.15, -0.1) is 0 Å². The minimum Gasteiger partial charge on any atom is -0.401 e. The van der Waals surface area contributed by atoms with Crippen molar-refractivity contribution in [3.8, 4) is 0 Å². The Morgan fingerprint density at radius 1 is 1.64 bits per heavy atom. The molecule has 1 unspecified atom stereocenters. The molecule has 0 heterocycles. The molecule has 3 N–H and O–H groups in total. The van der Waals surface area contributed by atoms with E-state index in [9.17, 15) is 4.79 Å². The van der Waals surface area contributed by atoms with Crippen LogP contribution in [0.3, 0.4) is 0 Å². The summed E-state index contributed by atoms with van der Waals surface area (Å²) in [5.41, 5.74) is 5.88. The van der Waals surface area contributed by atoms with Gasteiger partial charge in [-0.3, -0.25) is 4.79 Å². The average Bonchev–Trinajstić information content (AvgIpc) is 2.02. The lowest BCUT2D eigenvalue weighted by Gasteiger charge is -2.11. The van der Waals surface area contributed by atoms with Gasteiger partial charge in [-0.2, -0.15) is 0 Å². The zero-order valence-corrected chi connectivity index (χ0v) is 9.08. The molecule has 1 atom stereocenters. The van der Waals surface area contributed by atoms with Gasteiger partial charge in [0.05, 0.1) is 6.04 Å². The molecule has 0 aliphatic heterocycles. The largest absolute Gasteiger partial charge is 0.401 e. The number of likely N-dealkylation sites (N-methyl/N-ethyl adjacent to an activating group) is 1. The van der Waals surface area contributed by atoms with Gasteiger partial charge in [0.25, 0.3) is 0 Å². The van der Waals surface area contributed by atoms with Gasteiger partial charge in [0, 0.05) is 18.3 Å². The summed E-state index contributed by atoms with van der Waals surface area (Å²) >= 11 is 0. The molecule has 4 heteroatoms. The fourth-order valence-electron chi connectivity index (χ4n) is 0.725. The topological polar surface area (TPSA) is 58.4 Å². The molecule has 0 aromatic carbocycles. The molecule has 0 aliphatic rings. The van der Waals surface area contributed by atoms with E-state index in [0.29, 0.717) is 5.70 Å². The van der Waals surface area contributed by atoms with Gasteiger partial charge in [-0.05, 0) is 21.0 Å². The van der Waals surface area contributed by atoms with Crippen molar-refractivity contribution in [2.45, 2.75) is 13.0 Å². The van der Waals surface area contributed by atoms with Crippen LogP contribution >= 0.6 is 0 Å². The Bertz CT molecular complexity index is 234. The van der Waals surface area contributed by atoms with Gasteiger partial charge in [0.15, 0.2) is 0 Å². The number of nitrogens with zero attached hydrogens (tertiary/aromatic N) is 1. The summed E-state index contributed by atoms with van der Waals surface area (Å²) in [6, 6.07) is -0.188. The SMILES string of the molecule is C=C(N)C(C)NC(=O)/C=C/CN(C)C. The Labute approximate surface area is 85.5 Å². The highest BCUT2D eigenvalue weighted by molar-refractivity contribution is 5.87. The summed E-state index contributed by atoms with van der Waals surface area (Å²) < 4.78 is 0. The van der Waals surface area contributed by atoms with Gasteiger partial charge in [-0.1, -0.05) is 12.7 Å². The summed E-state index contributed by atoms with van der Waals surface area (Å²) in [6.45, 7) is 6.08. The number of carbonyl (C=O) groups excluding carboxylic acids is 1. The fourth-order valence-corrected chi connectivity index (χ4v) is 0.725. The second kappa shape index (κ2) is 6.21. The van der Waals surface area contributed by atoms with Crippen LogP contribution in [0, 0.1) is 0 Å². The van der Waals surface area contributed by atoms with Crippen LogP contribution in [0.5, 0.6) is 0 Å². The molecule has 4 nitrogen and oxygen atoms in total. The highest BCUT2D eigenvalue weighted by atomic mass is 16.1. The minimum absolute atomic E-state index is 0.147. The van der Waals surface area contributed by atoms with Crippen molar-refractivity contribution < 1.29 is 4.79 Å². The van der Waals surface area contributed by atoms with Gasteiger partial charge in [0.2, 0.25) is 5.91 Å². The van der Waals surface area contributed by atoms with Crippen molar-refractivity contribution in [1.82, 2.24) is 10.2 Å². The van der Waals surface area contributed by atoms with Crippen molar-refractivity contribution >= 4 is 5.91 Å². The van der Waals surface area contributed by atoms with Crippen molar-refractivity contribution in [1.29, 1.82) is 0 Å². The number of nitrogens with one attached hydrogen (secondary N) is 1. The monoisotopic (exact) mass is 197 g/mol. The summed E-state index contributed by atoms with van der Waals surface area (Å²) in [5.74, 6) is -0.147. The number of carbonyl (C=O) groups is 1. The van der Waals surface area contributed by atoms with Crippen LogP contribution in [0.2, 0.25) is 0 Å². The smallest absolute Gasteiger partial charge is 0.244 e. The lowest BCUT2D eigenvalue weighted by Crippen LogP contribution is -2.34. The summed E-state index contributed by atoms with van der Waals surface area (Å²) in [6.07, 6.45) is 3.29. The predicted octanol–water partition coefficient (Wildman–Crippen LogP) is 0.0813. The van der Waals surface area contributed by atoms with E-state index in [1.807, 2.05) is 19.0 Å². The van der Waals surface area contributed by atoms with E-state index < -0.39 is 0 Å². The first-order valence-corrected chi connectivity index (χ1v) is 4.49. The highest BCUT2D eigenvalue weighted by Gasteiger charge is 2.04. The van der Waals surface area contributed by atoms with Crippen LogP contribution < -0.4 is 11.1 Å². The molecule has 0 radical (unpaired) electrons. The Hall–Kier alpha value is -1.29. The standard InChI is InChI=1S/C10H19N3O/c1-8(11)9(2)12-10(14)6-5-7-13(3)4/h5-6,9H,1,7,11H2,2-4H3,(H,12,14)/b6-5+. The highest BCUT2D eigenvalue weighted by Crippen LogP contribution is 1.89. The molecule has 0 aliphatic carbocycles. The molecule has 0 aromatic rings. The van der Waals surface area contributed by atoms with Crippen molar-refractivity contribution in [2.75, 3.05) is 20.6 Å². The third-order valence-electron chi connectivity index (χ3n) is 1.65. The number of nitrogens with two attached hydrogens (primary N) is 1. The van der Waals surface area contributed by atoms with E-state index in [1.165, 1.54) is 6.08 Å². The Balaban J connectivity index is 3.86. The number of hydrogen-bond donors (Lipinski definition) is 2. The first-order valence-electron chi connectivity index (χ1n) is 4.49. The first-order chi connectivity index (χ1) is 6.43. The Morgan fingerprint density at radius 2 is 2.21 bits per heavy atom. The summed E-state index contributed by atoms with van der Waals surface area (Å²) in [7, 11) is 3.87. The molecule has 0 spiro atoms. The van der Waals surface area contributed by atoms with Crippen molar-refractivity contribution in [3.05, 3.63) is 24.4 Å². The number of rotatable bonds is 5. The summed E-state index contributed by atoms with van der Waals surface area (Å²) in [5, 5.41) is 2.68. The van der Waals surface area contributed by atoms with Gasteiger partial charge in [-0.25, -0.2) is 0 Å². The van der Waals surface area contributed by atoms with Crippen LogP contribution in [0.25, 0.3) is 0 Å². The molecular formula is C10H19N3O. The molecule has 0 bridgehead atoms. The molecule has 0 aromatic heterocycles. The first kappa shape index (κ1) is 12.7. The van der Waals surface area contributed by atoms with Gasteiger partial charge in [0.1, 0.15) is 0 Å². The molecule has 0 saturated carbocycles. The van der Waals surface area contributed by atoms with E-state index in [0.717, 1.165) is 6.54 Å².